The van der Waals surface area contributed by atoms with Crippen LogP contribution in [-0.2, 0) is 22.7 Å². The van der Waals surface area contributed by atoms with Crippen LogP contribution in [0.5, 0.6) is 11.5 Å². The second-order valence-electron chi connectivity index (χ2n) is 7.21. The van der Waals surface area contributed by atoms with Crippen LogP contribution in [0.4, 0.5) is 0 Å². The summed E-state index contributed by atoms with van der Waals surface area (Å²) in [6, 6.07) is 23.9. The van der Waals surface area contributed by atoms with Gasteiger partial charge in [-0.25, -0.2) is 4.79 Å². The standard InChI is InChI=1S/C26H23NO6/c1-30-20-11-7-8-18(14-20)15-27-24(28)17-32-26(29)25-22(16-31-19-9-3-2-4-10-19)21-12-5-6-13-23(21)33-25/h2-14H,15-17H2,1H3,(H,27,28). The number of esters is 1. The van der Waals surface area contributed by atoms with Gasteiger partial charge in [0.15, 0.2) is 6.61 Å². The summed E-state index contributed by atoms with van der Waals surface area (Å²) in [5.41, 5.74) is 1.97. The first-order chi connectivity index (χ1) is 16.1. The number of carbonyl (C=O) groups excluding carboxylic acids is 2. The molecule has 33 heavy (non-hydrogen) atoms. The molecule has 0 aliphatic rings. The van der Waals surface area contributed by atoms with Gasteiger partial charge in [0.25, 0.3) is 5.91 Å². The lowest BCUT2D eigenvalue weighted by molar-refractivity contribution is -0.124. The first-order valence-electron chi connectivity index (χ1n) is 10.4. The lowest BCUT2D eigenvalue weighted by Gasteiger charge is -2.08. The number of amides is 1. The van der Waals surface area contributed by atoms with Crippen molar-refractivity contribution in [3.8, 4) is 11.5 Å². The highest BCUT2D eigenvalue weighted by molar-refractivity contribution is 5.96. The van der Waals surface area contributed by atoms with Crippen LogP contribution < -0.4 is 14.8 Å². The van der Waals surface area contributed by atoms with Crippen LogP contribution in [0.2, 0.25) is 0 Å². The smallest absolute Gasteiger partial charge is 0.375 e. The fourth-order valence-corrected chi connectivity index (χ4v) is 3.31. The number of benzene rings is 3. The van der Waals surface area contributed by atoms with Crippen LogP contribution in [0.15, 0.2) is 83.3 Å². The molecule has 1 aromatic heterocycles. The largest absolute Gasteiger partial charge is 0.497 e. The number of fused-ring (bicyclic) bond motifs is 1. The topological polar surface area (TPSA) is 87.0 Å². The Morgan fingerprint density at radius 3 is 2.48 bits per heavy atom. The van der Waals surface area contributed by atoms with Gasteiger partial charge in [-0.1, -0.05) is 48.5 Å². The van der Waals surface area contributed by atoms with Gasteiger partial charge in [-0.2, -0.15) is 0 Å². The molecule has 1 N–H and O–H groups in total. The van der Waals surface area contributed by atoms with Crippen LogP contribution in [-0.4, -0.2) is 25.6 Å². The molecule has 0 spiro atoms. The number of furan rings is 1. The number of nitrogens with one attached hydrogen (secondary N) is 1. The van der Waals surface area contributed by atoms with Gasteiger partial charge < -0.3 is 23.9 Å². The quantitative estimate of drug-likeness (QED) is 0.382. The first kappa shape index (κ1) is 22.0. The third-order valence-electron chi connectivity index (χ3n) is 4.97. The SMILES string of the molecule is COc1cccc(CNC(=O)COC(=O)c2oc3ccccc3c2COc2ccccc2)c1. The Labute approximate surface area is 190 Å². The maximum atomic E-state index is 12.7. The van der Waals surface area contributed by atoms with Gasteiger partial charge in [-0.05, 0) is 35.9 Å². The van der Waals surface area contributed by atoms with Crippen molar-refractivity contribution < 1.29 is 28.2 Å². The van der Waals surface area contributed by atoms with Crippen molar-refractivity contribution in [1.29, 1.82) is 0 Å². The zero-order valence-electron chi connectivity index (χ0n) is 18.1. The Hall–Kier alpha value is -4.26. The second-order valence-corrected chi connectivity index (χ2v) is 7.21. The van der Waals surface area contributed by atoms with Crippen molar-refractivity contribution >= 4 is 22.8 Å². The number of rotatable bonds is 9. The number of ether oxygens (including phenoxy) is 3. The third-order valence-corrected chi connectivity index (χ3v) is 4.97. The van der Waals surface area contributed by atoms with Crippen molar-refractivity contribution in [2.75, 3.05) is 13.7 Å². The predicted molar refractivity (Wildman–Crippen MR) is 122 cm³/mol. The molecular weight excluding hydrogens is 422 g/mol. The molecule has 0 bridgehead atoms. The van der Waals surface area contributed by atoms with Gasteiger partial charge in [0.2, 0.25) is 5.76 Å². The summed E-state index contributed by atoms with van der Waals surface area (Å²) in [5.74, 6) is 0.230. The maximum Gasteiger partial charge on any atom is 0.375 e. The van der Waals surface area contributed by atoms with E-state index >= 15 is 0 Å². The zero-order valence-corrected chi connectivity index (χ0v) is 18.1. The van der Waals surface area contributed by atoms with E-state index in [2.05, 4.69) is 5.32 Å². The molecule has 168 valence electrons. The number of hydrogen-bond acceptors (Lipinski definition) is 6. The average Bonchev–Trinajstić information content (AvgIpc) is 3.24. The number of methoxy groups -OCH3 is 1. The summed E-state index contributed by atoms with van der Waals surface area (Å²) in [5, 5.41) is 3.47. The minimum atomic E-state index is -0.727. The molecule has 0 atom stereocenters. The van der Waals surface area contributed by atoms with Crippen molar-refractivity contribution in [3.05, 3.63) is 95.7 Å². The highest BCUT2D eigenvalue weighted by Gasteiger charge is 2.23. The number of para-hydroxylation sites is 2. The fraction of sp³-hybridized carbons (Fsp3) is 0.154. The maximum absolute atomic E-state index is 12.7. The molecule has 4 rings (SSSR count). The Bertz CT molecular complexity index is 1250. The molecule has 0 fully saturated rings. The van der Waals surface area contributed by atoms with E-state index in [9.17, 15) is 9.59 Å². The molecule has 1 amide bonds. The first-order valence-corrected chi connectivity index (χ1v) is 10.4. The Morgan fingerprint density at radius 1 is 0.909 bits per heavy atom. The Morgan fingerprint density at radius 2 is 1.67 bits per heavy atom. The summed E-state index contributed by atoms with van der Waals surface area (Å²) < 4.78 is 22.0. The van der Waals surface area contributed by atoms with E-state index in [-0.39, 0.29) is 18.9 Å². The molecule has 7 nitrogen and oxygen atoms in total. The van der Waals surface area contributed by atoms with Gasteiger partial charge in [-0.3, -0.25) is 4.79 Å². The third kappa shape index (κ3) is 5.51. The van der Waals surface area contributed by atoms with Gasteiger partial charge in [-0.15, -0.1) is 0 Å². The number of carbonyl (C=O) groups is 2. The summed E-state index contributed by atoms with van der Waals surface area (Å²) in [7, 11) is 1.58. The molecule has 0 aliphatic carbocycles. The Kier molecular flexibility index (Phi) is 6.90. The van der Waals surface area contributed by atoms with Gasteiger partial charge in [0.05, 0.1) is 12.7 Å². The zero-order chi connectivity index (χ0) is 23.0. The number of hydrogen-bond donors (Lipinski definition) is 1. The Balaban J connectivity index is 1.40. The van der Waals surface area contributed by atoms with Crippen molar-refractivity contribution in [3.63, 3.8) is 0 Å². The van der Waals surface area contributed by atoms with Crippen LogP contribution in [0.1, 0.15) is 21.7 Å². The average molecular weight is 445 g/mol. The van der Waals surface area contributed by atoms with Crippen molar-refractivity contribution in [2.24, 2.45) is 0 Å². The summed E-state index contributed by atoms with van der Waals surface area (Å²) in [6.07, 6.45) is 0. The van der Waals surface area contributed by atoms with Gasteiger partial charge in [0, 0.05) is 11.9 Å². The predicted octanol–water partition coefficient (Wildman–Crippen LogP) is 4.49. The normalized spacial score (nSPS) is 10.6. The van der Waals surface area contributed by atoms with Gasteiger partial charge in [0.1, 0.15) is 23.7 Å². The molecule has 7 heteroatoms. The molecule has 4 aromatic rings. The molecule has 1 heterocycles. The highest BCUT2D eigenvalue weighted by Crippen LogP contribution is 2.28. The minimum Gasteiger partial charge on any atom is -0.497 e. The highest BCUT2D eigenvalue weighted by atomic mass is 16.5. The van der Waals surface area contributed by atoms with E-state index < -0.39 is 18.5 Å². The summed E-state index contributed by atoms with van der Waals surface area (Å²) in [6.45, 7) is -0.0271. The molecular formula is C26H23NO6. The van der Waals surface area contributed by atoms with Crippen LogP contribution in [0, 0.1) is 0 Å². The monoisotopic (exact) mass is 445 g/mol. The van der Waals surface area contributed by atoms with Crippen LogP contribution in [0.3, 0.4) is 0 Å². The molecule has 0 saturated heterocycles. The van der Waals surface area contributed by atoms with Crippen molar-refractivity contribution in [2.45, 2.75) is 13.2 Å². The van der Waals surface area contributed by atoms with E-state index in [1.807, 2.05) is 72.8 Å². The lowest BCUT2D eigenvalue weighted by Crippen LogP contribution is -2.28. The van der Waals surface area contributed by atoms with Gasteiger partial charge >= 0.3 is 5.97 Å². The summed E-state index contributed by atoms with van der Waals surface area (Å²) in [4.78, 5) is 24.9. The minimum absolute atomic E-state index is 0.0210. The molecule has 0 saturated carbocycles. The van der Waals surface area contributed by atoms with E-state index in [0.29, 0.717) is 22.6 Å². The van der Waals surface area contributed by atoms with E-state index in [4.69, 9.17) is 18.6 Å². The van der Waals surface area contributed by atoms with Crippen LogP contribution in [0.25, 0.3) is 11.0 Å². The van der Waals surface area contributed by atoms with Crippen molar-refractivity contribution in [1.82, 2.24) is 5.32 Å². The fourth-order valence-electron chi connectivity index (χ4n) is 3.31. The molecule has 0 aliphatic heterocycles. The van der Waals surface area contributed by atoms with E-state index in [1.165, 1.54) is 0 Å². The van der Waals surface area contributed by atoms with E-state index in [0.717, 1.165) is 10.9 Å². The second kappa shape index (κ2) is 10.4. The van der Waals surface area contributed by atoms with E-state index in [1.54, 1.807) is 13.2 Å². The molecule has 3 aromatic carbocycles. The lowest BCUT2D eigenvalue weighted by atomic mass is 10.1. The molecule has 0 radical (unpaired) electrons. The van der Waals surface area contributed by atoms with Crippen LogP contribution >= 0.6 is 0 Å². The summed E-state index contributed by atoms with van der Waals surface area (Å²) >= 11 is 0. The molecule has 0 unspecified atom stereocenters.